The highest BCUT2D eigenvalue weighted by Gasteiger charge is 2.34. The summed E-state index contributed by atoms with van der Waals surface area (Å²) in [6.07, 6.45) is 1.94. The smallest absolute Gasteiger partial charge is 0.149 e. The summed E-state index contributed by atoms with van der Waals surface area (Å²) < 4.78 is 5.69. The molecule has 0 saturated carbocycles. The minimum atomic E-state index is 0.454. The number of anilines is 2. The number of ether oxygens (including phenoxy) is 1. The van der Waals surface area contributed by atoms with E-state index < -0.39 is 0 Å². The Balaban J connectivity index is 2.22. The molecule has 0 aliphatic carbocycles. The van der Waals surface area contributed by atoms with Crippen molar-refractivity contribution in [1.82, 2.24) is 0 Å². The number of benzene rings is 2. The summed E-state index contributed by atoms with van der Waals surface area (Å²) in [4.78, 5) is 4.99. The maximum atomic E-state index is 5.69. The topological polar surface area (TPSA) is 15.7 Å². The third-order valence-corrected chi connectivity index (χ3v) is 6.55. The predicted molar refractivity (Wildman–Crippen MR) is 139 cm³/mol. The summed E-state index contributed by atoms with van der Waals surface area (Å²) in [7, 11) is 1.76. The van der Waals surface area contributed by atoms with Gasteiger partial charge < -0.3 is 14.5 Å². The minimum Gasteiger partial charge on any atom is -0.501 e. The van der Waals surface area contributed by atoms with E-state index in [4.69, 9.17) is 4.74 Å². The lowest BCUT2D eigenvalue weighted by Gasteiger charge is -2.32. The van der Waals surface area contributed by atoms with Gasteiger partial charge in [-0.1, -0.05) is 91.8 Å². The number of methoxy groups -OCH3 is 1. The van der Waals surface area contributed by atoms with E-state index in [9.17, 15) is 0 Å². The molecule has 0 atom stereocenters. The van der Waals surface area contributed by atoms with Crippen LogP contribution in [0.5, 0.6) is 0 Å². The molecule has 3 rings (SSSR count). The maximum Gasteiger partial charge on any atom is 0.149 e. The van der Waals surface area contributed by atoms with E-state index in [-0.39, 0.29) is 0 Å². The van der Waals surface area contributed by atoms with Crippen molar-refractivity contribution in [2.45, 2.75) is 79.1 Å². The molecule has 1 aliphatic rings. The fourth-order valence-corrected chi connectivity index (χ4v) is 4.91. The number of nitrogens with zero attached hydrogens (tertiary/aromatic N) is 2. The van der Waals surface area contributed by atoms with Crippen molar-refractivity contribution >= 4 is 11.4 Å². The van der Waals surface area contributed by atoms with Crippen molar-refractivity contribution in [3.8, 4) is 0 Å². The second-order valence-corrected chi connectivity index (χ2v) is 10.2. The lowest BCUT2D eigenvalue weighted by Crippen LogP contribution is -2.26. The van der Waals surface area contributed by atoms with Crippen molar-refractivity contribution in [3.63, 3.8) is 0 Å². The minimum absolute atomic E-state index is 0.454. The Bertz CT molecular complexity index is 830. The summed E-state index contributed by atoms with van der Waals surface area (Å²) in [6, 6.07) is 13.6. The van der Waals surface area contributed by atoms with Gasteiger partial charge in [0.1, 0.15) is 12.1 Å². The normalized spacial score (nSPS) is 14.5. The molecule has 0 N–H and O–H groups in total. The summed E-state index contributed by atoms with van der Waals surface area (Å²) >= 11 is 0. The first-order valence-electron chi connectivity index (χ1n) is 12.2. The van der Waals surface area contributed by atoms with Gasteiger partial charge in [0.05, 0.1) is 7.11 Å². The van der Waals surface area contributed by atoms with Gasteiger partial charge in [-0.25, -0.2) is 0 Å². The maximum absolute atomic E-state index is 5.69. The lowest BCUT2D eigenvalue weighted by atomic mass is 9.91. The van der Waals surface area contributed by atoms with Crippen LogP contribution in [0.4, 0.5) is 11.4 Å². The van der Waals surface area contributed by atoms with Crippen LogP contribution in [-0.4, -0.2) is 20.2 Å². The van der Waals surface area contributed by atoms with E-state index in [1.807, 2.05) is 6.26 Å². The molecular formula is C29H42N2O. The Labute approximate surface area is 196 Å². The molecule has 32 heavy (non-hydrogen) atoms. The van der Waals surface area contributed by atoms with Crippen LogP contribution in [0.1, 0.15) is 101 Å². The van der Waals surface area contributed by atoms with Gasteiger partial charge in [-0.05, 0) is 45.9 Å². The Morgan fingerprint density at radius 2 is 0.938 bits per heavy atom. The SMILES string of the molecule is COC=C1N(c2c(C(C)C)cccc2C(C)C)CCN1c1c(C(C)C)cccc1C(C)C. The molecule has 1 heterocycles. The first kappa shape index (κ1) is 24.2. The van der Waals surface area contributed by atoms with E-state index in [0.29, 0.717) is 23.7 Å². The summed E-state index contributed by atoms with van der Waals surface area (Å²) in [5.74, 6) is 2.95. The van der Waals surface area contributed by atoms with Crippen LogP contribution in [-0.2, 0) is 4.74 Å². The van der Waals surface area contributed by atoms with Crippen LogP contribution < -0.4 is 9.80 Å². The zero-order valence-electron chi connectivity index (χ0n) is 21.6. The van der Waals surface area contributed by atoms with Crippen molar-refractivity contribution in [3.05, 3.63) is 70.7 Å². The van der Waals surface area contributed by atoms with Gasteiger partial charge >= 0.3 is 0 Å². The standard InChI is InChI=1S/C29H42N2O/c1-19(2)23-12-10-13-24(20(3)4)28(23)30-16-17-31(27(30)18-32-9)29-25(21(5)6)14-11-15-26(29)22(7)8/h10-15,18-22H,16-17H2,1-9H3. The fraction of sp³-hybridized carbons (Fsp3) is 0.517. The van der Waals surface area contributed by atoms with Gasteiger partial charge in [-0.2, -0.15) is 0 Å². The van der Waals surface area contributed by atoms with Gasteiger partial charge in [0, 0.05) is 24.5 Å². The summed E-state index contributed by atoms with van der Waals surface area (Å²) in [5, 5.41) is 0. The van der Waals surface area contributed by atoms with Crippen LogP contribution in [0, 0.1) is 0 Å². The number of rotatable bonds is 7. The molecule has 0 unspecified atom stereocenters. The molecule has 2 aromatic rings. The third kappa shape index (κ3) is 4.53. The van der Waals surface area contributed by atoms with E-state index in [2.05, 4.69) is 102 Å². The highest BCUT2D eigenvalue weighted by molar-refractivity contribution is 5.74. The predicted octanol–water partition coefficient (Wildman–Crippen LogP) is 7.95. The highest BCUT2D eigenvalue weighted by atomic mass is 16.5. The molecule has 1 saturated heterocycles. The van der Waals surface area contributed by atoms with Gasteiger partial charge in [0.25, 0.3) is 0 Å². The van der Waals surface area contributed by atoms with E-state index in [1.54, 1.807) is 7.11 Å². The highest BCUT2D eigenvalue weighted by Crippen LogP contribution is 2.43. The molecular weight excluding hydrogens is 392 g/mol. The molecule has 2 aromatic carbocycles. The first-order valence-corrected chi connectivity index (χ1v) is 12.2. The Hall–Kier alpha value is -2.42. The lowest BCUT2D eigenvalue weighted by molar-refractivity contribution is 0.333. The zero-order chi connectivity index (χ0) is 23.6. The molecule has 0 amide bonds. The average Bonchev–Trinajstić information content (AvgIpc) is 3.15. The largest absolute Gasteiger partial charge is 0.501 e. The average molecular weight is 435 g/mol. The van der Waals surface area contributed by atoms with Gasteiger partial charge in [-0.3, -0.25) is 0 Å². The molecule has 0 radical (unpaired) electrons. The van der Waals surface area contributed by atoms with Crippen LogP contribution >= 0.6 is 0 Å². The molecule has 1 aliphatic heterocycles. The van der Waals surface area contributed by atoms with Crippen LogP contribution in [0.25, 0.3) is 0 Å². The molecule has 174 valence electrons. The van der Waals surface area contributed by atoms with Crippen molar-refractivity contribution < 1.29 is 4.74 Å². The third-order valence-electron chi connectivity index (χ3n) is 6.55. The summed E-state index contributed by atoms with van der Waals surface area (Å²) in [6.45, 7) is 20.2. The van der Waals surface area contributed by atoms with E-state index in [1.165, 1.54) is 33.6 Å². The first-order chi connectivity index (χ1) is 15.2. The van der Waals surface area contributed by atoms with Crippen LogP contribution in [0.2, 0.25) is 0 Å². The van der Waals surface area contributed by atoms with E-state index >= 15 is 0 Å². The molecule has 1 fully saturated rings. The van der Waals surface area contributed by atoms with Crippen molar-refractivity contribution in [2.75, 3.05) is 30.0 Å². The number of para-hydroxylation sites is 2. The quantitative estimate of drug-likeness (QED) is 0.411. The van der Waals surface area contributed by atoms with Gasteiger partial charge in [-0.15, -0.1) is 0 Å². The van der Waals surface area contributed by atoms with Crippen LogP contribution in [0.3, 0.4) is 0 Å². The molecule has 3 nitrogen and oxygen atoms in total. The van der Waals surface area contributed by atoms with Crippen LogP contribution in [0.15, 0.2) is 48.5 Å². The molecule has 0 aromatic heterocycles. The molecule has 0 bridgehead atoms. The Morgan fingerprint density at radius 1 is 0.625 bits per heavy atom. The number of hydrogen-bond donors (Lipinski definition) is 0. The van der Waals surface area contributed by atoms with E-state index in [0.717, 1.165) is 18.9 Å². The second-order valence-electron chi connectivity index (χ2n) is 10.2. The molecule has 3 heteroatoms. The summed E-state index contributed by atoms with van der Waals surface area (Å²) in [5.41, 5.74) is 8.33. The van der Waals surface area contributed by atoms with Crippen molar-refractivity contribution in [1.29, 1.82) is 0 Å². The second kappa shape index (κ2) is 10.0. The molecule has 0 spiro atoms. The van der Waals surface area contributed by atoms with Gasteiger partial charge in [0.2, 0.25) is 0 Å². The Morgan fingerprint density at radius 3 is 1.19 bits per heavy atom. The zero-order valence-corrected chi connectivity index (χ0v) is 21.6. The fourth-order valence-electron chi connectivity index (χ4n) is 4.91. The Kier molecular flexibility index (Phi) is 7.59. The van der Waals surface area contributed by atoms with Gasteiger partial charge in [0.15, 0.2) is 0 Å². The number of hydrogen-bond acceptors (Lipinski definition) is 3. The monoisotopic (exact) mass is 434 g/mol. The van der Waals surface area contributed by atoms with Crippen molar-refractivity contribution in [2.24, 2.45) is 0 Å².